The number of benzene rings is 2. The monoisotopic (exact) mass is 471 g/mol. The van der Waals surface area contributed by atoms with Crippen LogP contribution in [0, 0.1) is 6.92 Å². The maximum absolute atomic E-state index is 12.7. The van der Waals surface area contributed by atoms with Crippen molar-refractivity contribution in [3.8, 4) is 0 Å². The van der Waals surface area contributed by atoms with E-state index in [9.17, 15) is 23.1 Å². The molecule has 0 aromatic heterocycles. The third-order valence-electron chi connectivity index (χ3n) is 6.12. The van der Waals surface area contributed by atoms with E-state index >= 15 is 0 Å². The molecule has 176 valence electrons. The number of aryl methyl sites for hydroxylation is 1. The minimum atomic E-state index is -3.64. The molecular weight excluding hydrogens is 442 g/mol. The van der Waals surface area contributed by atoms with E-state index in [4.69, 9.17) is 0 Å². The van der Waals surface area contributed by atoms with Gasteiger partial charge in [0.15, 0.2) is 9.84 Å². The molecule has 9 heteroatoms. The van der Waals surface area contributed by atoms with E-state index in [0.29, 0.717) is 18.7 Å². The van der Waals surface area contributed by atoms with Crippen molar-refractivity contribution in [2.24, 2.45) is 0 Å². The van der Waals surface area contributed by atoms with Gasteiger partial charge in [-0.15, -0.1) is 0 Å². The number of carbonyl (C=O) groups is 2. The zero-order valence-corrected chi connectivity index (χ0v) is 19.4. The average molecular weight is 472 g/mol. The number of carbonyl (C=O) groups excluding carboxylic acids is 2. The highest BCUT2D eigenvalue weighted by Gasteiger charge is 2.29. The van der Waals surface area contributed by atoms with Crippen molar-refractivity contribution in [1.82, 2.24) is 10.2 Å². The molecule has 2 aromatic carbocycles. The maximum atomic E-state index is 12.7. The molecule has 2 aliphatic rings. The molecule has 2 heterocycles. The van der Waals surface area contributed by atoms with E-state index in [-0.39, 0.29) is 34.9 Å². The summed E-state index contributed by atoms with van der Waals surface area (Å²) in [6.45, 7) is 4.70. The molecule has 2 aromatic rings. The first-order valence-corrected chi connectivity index (χ1v) is 12.7. The number of likely N-dealkylation sites (tertiary alicyclic amines) is 1. The Morgan fingerprint density at radius 2 is 2.09 bits per heavy atom. The second-order valence-corrected chi connectivity index (χ2v) is 10.9. The Labute approximate surface area is 193 Å². The number of nitrogens with zero attached hydrogens (tertiary/aromatic N) is 1. The lowest BCUT2D eigenvalue weighted by molar-refractivity contribution is -0.120. The maximum Gasteiger partial charge on any atom is 0.239 e. The van der Waals surface area contributed by atoms with E-state index in [2.05, 4.69) is 27.7 Å². The first-order valence-electron chi connectivity index (χ1n) is 11.1. The SMILES string of the molecule is Cc1cccc([C@@H](CNC(=O)Cc2ccc3c(c2)NC(=O)CS3(=O)=O)CN2CC[C@H](O)C2)c1. The largest absolute Gasteiger partial charge is 0.392 e. The molecule has 2 aliphatic heterocycles. The van der Waals surface area contributed by atoms with Gasteiger partial charge in [-0.2, -0.15) is 0 Å². The molecule has 33 heavy (non-hydrogen) atoms. The summed E-state index contributed by atoms with van der Waals surface area (Å²) in [7, 11) is -3.64. The van der Waals surface area contributed by atoms with Gasteiger partial charge < -0.3 is 15.7 Å². The van der Waals surface area contributed by atoms with Gasteiger partial charge in [-0.25, -0.2) is 8.42 Å². The van der Waals surface area contributed by atoms with Gasteiger partial charge in [-0.1, -0.05) is 35.9 Å². The van der Waals surface area contributed by atoms with Crippen LogP contribution in [0.5, 0.6) is 0 Å². The fourth-order valence-corrected chi connectivity index (χ4v) is 5.77. The lowest BCUT2D eigenvalue weighted by atomic mass is 9.96. The van der Waals surface area contributed by atoms with Crippen molar-refractivity contribution in [2.45, 2.75) is 36.7 Å². The molecule has 1 saturated heterocycles. The molecule has 0 bridgehead atoms. The number of sulfone groups is 1. The second-order valence-electron chi connectivity index (χ2n) is 8.93. The molecule has 0 aliphatic carbocycles. The number of rotatable bonds is 7. The van der Waals surface area contributed by atoms with Gasteiger partial charge in [-0.3, -0.25) is 14.5 Å². The van der Waals surface area contributed by atoms with Gasteiger partial charge in [-0.05, 0) is 36.6 Å². The number of nitrogens with one attached hydrogen (secondary N) is 2. The number of β-amino-alcohol motifs (C(OH)–C–C–N with tert-alkyl or cyclic N) is 1. The smallest absolute Gasteiger partial charge is 0.239 e. The molecule has 2 atom stereocenters. The molecule has 0 radical (unpaired) electrons. The summed E-state index contributed by atoms with van der Waals surface area (Å²) in [6, 6.07) is 12.8. The predicted molar refractivity (Wildman–Crippen MR) is 125 cm³/mol. The second kappa shape index (κ2) is 9.62. The summed E-state index contributed by atoms with van der Waals surface area (Å²) >= 11 is 0. The summed E-state index contributed by atoms with van der Waals surface area (Å²) < 4.78 is 24.3. The van der Waals surface area contributed by atoms with Crippen LogP contribution in [0.15, 0.2) is 47.4 Å². The van der Waals surface area contributed by atoms with E-state index in [1.807, 2.05) is 19.1 Å². The minimum Gasteiger partial charge on any atom is -0.392 e. The molecule has 0 spiro atoms. The van der Waals surface area contributed by atoms with Crippen LogP contribution >= 0.6 is 0 Å². The van der Waals surface area contributed by atoms with Crippen LogP contribution in [-0.4, -0.2) is 68.3 Å². The zero-order valence-electron chi connectivity index (χ0n) is 18.6. The highest BCUT2D eigenvalue weighted by Crippen LogP contribution is 2.28. The van der Waals surface area contributed by atoms with E-state index in [1.165, 1.54) is 6.07 Å². The summed E-state index contributed by atoms with van der Waals surface area (Å²) in [5.74, 6) is -1.24. The first-order chi connectivity index (χ1) is 15.7. The number of aliphatic hydroxyl groups is 1. The van der Waals surface area contributed by atoms with Crippen molar-refractivity contribution in [2.75, 3.05) is 37.2 Å². The van der Waals surface area contributed by atoms with Gasteiger partial charge in [0.25, 0.3) is 0 Å². The number of aliphatic hydroxyl groups excluding tert-OH is 1. The Kier molecular flexibility index (Phi) is 6.83. The predicted octanol–water partition coefficient (Wildman–Crippen LogP) is 1.23. The third-order valence-corrected chi connectivity index (χ3v) is 7.79. The summed E-state index contributed by atoms with van der Waals surface area (Å²) in [6.07, 6.45) is 0.537. The van der Waals surface area contributed by atoms with Crippen molar-refractivity contribution >= 4 is 27.3 Å². The van der Waals surface area contributed by atoms with Gasteiger partial charge >= 0.3 is 0 Å². The Balaban J connectivity index is 1.42. The minimum absolute atomic E-state index is 0.0756. The van der Waals surface area contributed by atoms with Crippen molar-refractivity contribution < 1.29 is 23.1 Å². The highest BCUT2D eigenvalue weighted by atomic mass is 32.2. The highest BCUT2D eigenvalue weighted by molar-refractivity contribution is 7.92. The zero-order chi connectivity index (χ0) is 23.6. The Hall–Kier alpha value is -2.75. The number of hydrogen-bond acceptors (Lipinski definition) is 6. The Morgan fingerprint density at radius 3 is 2.82 bits per heavy atom. The van der Waals surface area contributed by atoms with Crippen molar-refractivity contribution in [3.05, 3.63) is 59.2 Å². The van der Waals surface area contributed by atoms with E-state index in [0.717, 1.165) is 30.6 Å². The number of fused-ring (bicyclic) bond motifs is 1. The van der Waals surface area contributed by atoms with Crippen LogP contribution in [0.2, 0.25) is 0 Å². The van der Waals surface area contributed by atoms with Crippen molar-refractivity contribution in [1.29, 1.82) is 0 Å². The summed E-state index contributed by atoms with van der Waals surface area (Å²) in [5.41, 5.74) is 3.13. The van der Waals surface area contributed by atoms with E-state index < -0.39 is 21.5 Å². The summed E-state index contributed by atoms with van der Waals surface area (Å²) in [5, 5.41) is 15.4. The molecule has 0 unspecified atom stereocenters. The van der Waals surface area contributed by atoms with Gasteiger partial charge in [0, 0.05) is 32.1 Å². The van der Waals surface area contributed by atoms with Gasteiger partial charge in [0.1, 0.15) is 5.75 Å². The molecule has 4 rings (SSSR count). The fourth-order valence-electron chi connectivity index (χ4n) is 4.48. The quantitative estimate of drug-likeness (QED) is 0.560. The van der Waals surface area contributed by atoms with Gasteiger partial charge in [0.2, 0.25) is 11.8 Å². The molecule has 2 amide bonds. The van der Waals surface area contributed by atoms with Crippen LogP contribution in [-0.2, 0) is 25.8 Å². The van der Waals surface area contributed by atoms with Crippen LogP contribution in [0.25, 0.3) is 0 Å². The van der Waals surface area contributed by atoms with Crippen molar-refractivity contribution in [3.63, 3.8) is 0 Å². The summed E-state index contributed by atoms with van der Waals surface area (Å²) in [4.78, 5) is 26.7. The van der Waals surface area contributed by atoms with E-state index in [1.54, 1.807) is 12.1 Å². The standard InChI is InChI=1S/C24H29N3O5S/c1-16-3-2-4-18(9-16)19(13-27-8-7-20(28)14-27)12-25-23(29)11-17-5-6-22-21(10-17)26-24(30)15-33(22,31)32/h2-6,9-10,19-20,28H,7-8,11-15H2,1H3,(H,25,29)(H,26,30)/t19-,20-/m0/s1. The van der Waals surface area contributed by atoms with Crippen LogP contribution < -0.4 is 10.6 Å². The normalized spacial score (nSPS) is 20.7. The first kappa shape index (κ1) is 23.4. The lowest BCUT2D eigenvalue weighted by Crippen LogP contribution is -2.36. The van der Waals surface area contributed by atoms with Crippen LogP contribution in [0.3, 0.4) is 0 Å². The molecule has 1 fully saturated rings. The Bertz CT molecular complexity index is 1160. The Morgan fingerprint density at radius 1 is 1.27 bits per heavy atom. The number of anilines is 1. The number of amides is 2. The molecule has 8 nitrogen and oxygen atoms in total. The molecule has 0 saturated carbocycles. The number of hydrogen-bond donors (Lipinski definition) is 3. The van der Waals surface area contributed by atoms with Gasteiger partial charge in [0.05, 0.1) is 23.1 Å². The molecule has 3 N–H and O–H groups in total. The average Bonchev–Trinajstić information content (AvgIpc) is 3.14. The van der Waals surface area contributed by atoms with Crippen LogP contribution in [0.4, 0.5) is 5.69 Å². The topological polar surface area (TPSA) is 116 Å². The fraction of sp³-hybridized carbons (Fsp3) is 0.417. The third kappa shape index (κ3) is 5.79. The molecular formula is C24H29N3O5S. The lowest BCUT2D eigenvalue weighted by Gasteiger charge is -2.25. The van der Waals surface area contributed by atoms with Crippen LogP contribution in [0.1, 0.15) is 29.0 Å².